The molecule has 0 bridgehead atoms. The second-order valence-corrected chi connectivity index (χ2v) is 14.4. The number of fused-ring (bicyclic) bond motifs is 1. The molecule has 2 aliphatic rings. The molecule has 9 nitrogen and oxygen atoms in total. The van der Waals surface area contributed by atoms with E-state index in [1.807, 2.05) is 68.4 Å². The molecular weight excluding hydrogens is 694 g/mol. The van der Waals surface area contributed by atoms with Crippen molar-refractivity contribution in [3.8, 4) is 17.2 Å². The Kier molecular flexibility index (Phi) is 9.80. The van der Waals surface area contributed by atoms with Gasteiger partial charge < -0.3 is 19.3 Å². The van der Waals surface area contributed by atoms with Crippen molar-refractivity contribution in [2.45, 2.75) is 49.1 Å². The molecule has 254 valence electrons. The number of carbonyl (C=O) groups excluding carboxylic acids is 2. The van der Waals surface area contributed by atoms with Crippen LogP contribution in [0.25, 0.3) is 5.76 Å². The quantitative estimate of drug-likeness (QED) is 0.0472. The van der Waals surface area contributed by atoms with Gasteiger partial charge in [0.15, 0.2) is 15.8 Å². The van der Waals surface area contributed by atoms with Gasteiger partial charge in [0.25, 0.3) is 5.78 Å². The van der Waals surface area contributed by atoms with E-state index in [9.17, 15) is 14.7 Å². The van der Waals surface area contributed by atoms with Crippen LogP contribution in [-0.4, -0.2) is 39.7 Å². The number of nitrogens with zero attached hydrogens (tertiary/aromatic N) is 3. The van der Waals surface area contributed by atoms with Gasteiger partial charge in [0, 0.05) is 22.8 Å². The van der Waals surface area contributed by atoms with Gasteiger partial charge >= 0.3 is 5.91 Å². The third kappa shape index (κ3) is 6.94. The summed E-state index contributed by atoms with van der Waals surface area (Å²) >= 11 is 8.70. The number of benzene rings is 4. The van der Waals surface area contributed by atoms with Crippen molar-refractivity contribution in [1.82, 2.24) is 10.2 Å². The number of ketones is 1. The lowest BCUT2D eigenvalue weighted by Crippen LogP contribution is -2.29. The first-order valence-corrected chi connectivity index (χ1v) is 18.2. The number of halogens is 1. The third-order valence-corrected chi connectivity index (χ3v) is 10.7. The normalized spacial score (nSPS) is 17.9. The van der Waals surface area contributed by atoms with Gasteiger partial charge in [-0.2, -0.15) is 0 Å². The summed E-state index contributed by atoms with van der Waals surface area (Å²) in [7, 11) is 0. The van der Waals surface area contributed by atoms with Crippen LogP contribution in [0, 0.1) is 0 Å². The minimum Gasteiger partial charge on any atom is -0.507 e. The molecule has 1 saturated heterocycles. The van der Waals surface area contributed by atoms with E-state index < -0.39 is 17.7 Å². The standard InChI is InChI=1S/C38H32ClN3O6S2/c1-3-46-31-19-25(11-16-30(31)47-20-23-7-5-4-6-8-23)33-32(34(43)26-12-15-29-27(18-26)17-22(2)48-29)35(44)36(45)42(33)37-40-41-38(50-37)49-21-24-9-13-28(39)14-10-24/h4-16,18-19,22,33,43H,3,17,20-21H2,1-2H3/b34-32+. The highest BCUT2D eigenvalue weighted by Crippen LogP contribution is 2.46. The Bertz CT molecular complexity index is 2090. The van der Waals surface area contributed by atoms with Crippen LogP contribution in [-0.2, 0) is 28.4 Å². The zero-order valence-electron chi connectivity index (χ0n) is 27.2. The highest BCUT2D eigenvalue weighted by Gasteiger charge is 2.48. The number of aliphatic hydroxyl groups is 1. The maximum atomic E-state index is 13.9. The van der Waals surface area contributed by atoms with E-state index in [0.29, 0.717) is 57.4 Å². The van der Waals surface area contributed by atoms with E-state index in [4.69, 9.17) is 25.8 Å². The molecule has 1 amide bonds. The van der Waals surface area contributed by atoms with Crippen LogP contribution in [0.1, 0.15) is 47.7 Å². The number of hydrogen-bond donors (Lipinski definition) is 1. The summed E-state index contributed by atoms with van der Waals surface area (Å²) in [5, 5.41) is 21.4. The van der Waals surface area contributed by atoms with Gasteiger partial charge in [0.1, 0.15) is 24.2 Å². The van der Waals surface area contributed by atoms with Gasteiger partial charge in [-0.15, -0.1) is 10.2 Å². The number of ether oxygens (including phenoxy) is 3. The molecule has 1 N–H and O–H groups in total. The van der Waals surface area contributed by atoms with Crippen molar-refractivity contribution in [1.29, 1.82) is 0 Å². The minimum atomic E-state index is -1.03. The first-order chi connectivity index (χ1) is 24.3. The number of aromatic nitrogens is 2. The van der Waals surface area contributed by atoms with Crippen molar-refractivity contribution in [3.05, 3.63) is 129 Å². The molecule has 2 aliphatic heterocycles. The number of hydrogen-bond acceptors (Lipinski definition) is 10. The fraction of sp³-hybridized carbons (Fsp3) is 0.211. The minimum absolute atomic E-state index is 0.00301. The number of rotatable bonds is 11. The first kappa shape index (κ1) is 33.6. The number of aliphatic hydroxyl groups excluding tert-OH is 1. The van der Waals surface area contributed by atoms with Gasteiger partial charge in [-0.25, -0.2) is 0 Å². The summed E-state index contributed by atoms with van der Waals surface area (Å²) in [6, 6.07) is 26.8. The Morgan fingerprint density at radius 2 is 1.78 bits per heavy atom. The second kappa shape index (κ2) is 14.6. The summed E-state index contributed by atoms with van der Waals surface area (Å²) in [5.41, 5.74) is 3.83. The maximum absolute atomic E-state index is 13.9. The molecule has 2 atom stereocenters. The predicted molar refractivity (Wildman–Crippen MR) is 194 cm³/mol. The highest BCUT2D eigenvalue weighted by atomic mass is 35.5. The first-order valence-electron chi connectivity index (χ1n) is 16.0. The van der Waals surface area contributed by atoms with E-state index in [0.717, 1.165) is 22.4 Å². The van der Waals surface area contributed by atoms with Gasteiger partial charge in [0.2, 0.25) is 5.13 Å². The average Bonchev–Trinajstić information content (AvgIpc) is 3.82. The smallest absolute Gasteiger partial charge is 0.301 e. The Hall–Kier alpha value is -4.84. The molecule has 0 spiro atoms. The molecule has 2 unspecified atom stereocenters. The van der Waals surface area contributed by atoms with E-state index >= 15 is 0 Å². The van der Waals surface area contributed by atoms with Crippen LogP contribution in [0.2, 0.25) is 5.02 Å². The topological polar surface area (TPSA) is 111 Å². The summed E-state index contributed by atoms with van der Waals surface area (Å²) in [5.74, 6) is 0.343. The molecule has 4 aromatic carbocycles. The lowest BCUT2D eigenvalue weighted by molar-refractivity contribution is -0.132. The molecule has 5 aromatic rings. The largest absolute Gasteiger partial charge is 0.507 e. The monoisotopic (exact) mass is 725 g/mol. The van der Waals surface area contributed by atoms with Crippen molar-refractivity contribution in [2.75, 3.05) is 11.5 Å². The Morgan fingerprint density at radius 3 is 2.56 bits per heavy atom. The van der Waals surface area contributed by atoms with E-state index in [2.05, 4.69) is 10.2 Å². The zero-order chi connectivity index (χ0) is 34.8. The fourth-order valence-corrected chi connectivity index (χ4v) is 7.92. The Balaban J connectivity index is 1.27. The fourth-order valence-electron chi connectivity index (χ4n) is 5.97. The highest BCUT2D eigenvalue weighted by molar-refractivity contribution is 8.00. The third-order valence-electron chi connectivity index (χ3n) is 8.31. The van der Waals surface area contributed by atoms with Gasteiger partial charge in [-0.3, -0.25) is 14.5 Å². The molecule has 1 fully saturated rings. The molecular formula is C38H32ClN3O6S2. The van der Waals surface area contributed by atoms with Gasteiger partial charge in [-0.1, -0.05) is 83.2 Å². The van der Waals surface area contributed by atoms with E-state index in [1.54, 1.807) is 36.4 Å². The number of Topliss-reactive ketones (excluding diaryl/α,β-unsaturated/α-hetero) is 1. The van der Waals surface area contributed by atoms with E-state index in [-0.39, 0.29) is 22.6 Å². The molecule has 0 aliphatic carbocycles. The van der Waals surface area contributed by atoms with Crippen LogP contribution in [0.5, 0.6) is 17.2 Å². The molecule has 3 heterocycles. The SMILES string of the molecule is CCOc1cc(C2/C(=C(\O)c3ccc4c(c3)CC(C)O4)C(=O)C(=O)N2c2nnc(SCc3ccc(Cl)cc3)s2)ccc1OCc1ccccc1. The van der Waals surface area contributed by atoms with Crippen LogP contribution >= 0.6 is 34.7 Å². The molecule has 12 heteroatoms. The average molecular weight is 726 g/mol. The van der Waals surface area contributed by atoms with Crippen LogP contribution in [0.3, 0.4) is 0 Å². The Labute approximate surface area is 302 Å². The van der Waals surface area contributed by atoms with Crippen molar-refractivity contribution < 1.29 is 28.9 Å². The van der Waals surface area contributed by atoms with Crippen LogP contribution in [0.15, 0.2) is 101 Å². The lowest BCUT2D eigenvalue weighted by atomic mass is 9.94. The molecule has 0 radical (unpaired) electrons. The number of amides is 1. The second-order valence-electron chi connectivity index (χ2n) is 11.8. The van der Waals surface area contributed by atoms with Gasteiger partial charge in [-0.05, 0) is 78.6 Å². The molecule has 1 aromatic heterocycles. The number of anilines is 1. The summed E-state index contributed by atoms with van der Waals surface area (Å²) < 4.78 is 18.6. The zero-order valence-corrected chi connectivity index (χ0v) is 29.6. The van der Waals surface area contributed by atoms with Crippen molar-refractivity contribution in [2.24, 2.45) is 0 Å². The predicted octanol–water partition coefficient (Wildman–Crippen LogP) is 8.41. The van der Waals surface area contributed by atoms with Crippen molar-refractivity contribution >= 4 is 57.3 Å². The summed E-state index contributed by atoms with van der Waals surface area (Å²) in [6.07, 6.45) is 0.661. The summed E-state index contributed by atoms with van der Waals surface area (Å²) in [6.45, 7) is 4.51. The molecule has 0 saturated carbocycles. The van der Waals surface area contributed by atoms with Gasteiger partial charge in [0.05, 0.1) is 18.2 Å². The number of thioether (sulfide) groups is 1. The molecule has 7 rings (SSSR count). The molecule has 50 heavy (non-hydrogen) atoms. The summed E-state index contributed by atoms with van der Waals surface area (Å²) in [4.78, 5) is 29.1. The van der Waals surface area contributed by atoms with Crippen LogP contribution in [0.4, 0.5) is 5.13 Å². The van der Waals surface area contributed by atoms with E-state index in [1.165, 1.54) is 28.0 Å². The lowest BCUT2D eigenvalue weighted by Gasteiger charge is -2.24. The van der Waals surface area contributed by atoms with Crippen molar-refractivity contribution in [3.63, 3.8) is 0 Å². The Morgan fingerprint density at radius 1 is 0.980 bits per heavy atom. The maximum Gasteiger partial charge on any atom is 0.301 e. The van der Waals surface area contributed by atoms with Crippen LogP contribution < -0.4 is 19.1 Å². The number of carbonyl (C=O) groups is 2.